The number of morpholine rings is 1. The molecule has 0 radical (unpaired) electrons. The Labute approximate surface area is 172 Å². The molecule has 0 unspecified atom stereocenters. The van der Waals surface area contributed by atoms with Crippen LogP contribution in [0.1, 0.15) is 22.7 Å². The fraction of sp³-hybridized carbons (Fsp3) is 0.391. The second-order valence-electron chi connectivity index (χ2n) is 7.53. The highest BCUT2D eigenvalue weighted by atomic mass is 16.5. The number of carbonyl (C=O) groups excluding carboxylic acids is 2. The molecule has 2 aromatic carbocycles. The van der Waals surface area contributed by atoms with E-state index in [-0.39, 0.29) is 18.4 Å². The summed E-state index contributed by atoms with van der Waals surface area (Å²) in [7, 11) is 1.82. The molecule has 0 aromatic heterocycles. The zero-order chi connectivity index (χ0) is 20.8. The highest BCUT2D eigenvalue weighted by Crippen LogP contribution is 2.24. The molecule has 1 atom stereocenters. The Kier molecular flexibility index (Phi) is 7.01. The molecule has 0 spiro atoms. The first-order valence-corrected chi connectivity index (χ1v) is 9.94. The third-order valence-corrected chi connectivity index (χ3v) is 5.20. The number of nitrogens with one attached hydrogen (secondary N) is 1. The molecule has 29 heavy (non-hydrogen) atoms. The summed E-state index contributed by atoms with van der Waals surface area (Å²) in [6, 6.07) is 15.0. The lowest BCUT2D eigenvalue weighted by molar-refractivity contribution is -0.137. The summed E-state index contributed by atoms with van der Waals surface area (Å²) in [5, 5.41) is 3.06. The second-order valence-corrected chi connectivity index (χ2v) is 7.53. The molecule has 1 N–H and O–H groups in total. The molecular weight excluding hydrogens is 366 g/mol. The Bertz CT molecular complexity index is 848. The standard InChI is InChI=1S/C23H29N3O3/c1-17-9-10-18(2)20(15-17)24-23(28)22(19-7-5-4-6-8-19)25(3)16-21(27)26-11-13-29-14-12-26/h4-10,15,22H,11-14,16H2,1-3H3,(H,24,28)/t22-/m0/s1. The van der Waals surface area contributed by atoms with Gasteiger partial charge in [-0.1, -0.05) is 42.5 Å². The van der Waals surface area contributed by atoms with Crippen molar-refractivity contribution >= 4 is 17.5 Å². The number of ether oxygens (including phenoxy) is 1. The molecule has 1 heterocycles. The smallest absolute Gasteiger partial charge is 0.246 e. The average molecular weight is 396 g/mol. The van der Waals surface area contributed by atoms with Crippen molar-refractivity contribution in [1.82, 2.24) is 9.80 Å². The molecule has 6 nitrogen and oxygen atoms in total. The van der Waals surface area contributed by atoms with Crippen LogP contribution in [-0.4, -0.2) is 61.5 Å². The Morgan fingerprint density at radius 1 is 1.10 bits per heavy atom. The monoisotopic (exact) mass is 395 g/mol. The number of hydrogen-bond donors (Lipinski definition) is 1. The van der Waals surface area contributed by atoms with Crippen LogP contribution in [0.15, 0.2) is 48.5 Å². The molecule has 3 rings (SSSR count). The summed E-state index contributed by atoms with van der Waals surface area (Å²) in [5.41, 5.74) is 3.73. The van der Waals surface area contributed by atoms with Gasteiger partial charge >= 0.3 is 0 Å². The maximum absolute atomic E-state index is 13.3. The number of anilines is 1. The van der Waals surface area contributed by atoms with E-state index in [9.17, 15) is 9.59 Å². The Balaban J connectivity index is 1.79. The molecule has 0 saturated carbocycles. The van der Waals surface area contributed by atoms with E-state index in [1.807, 2.05) is 74.3 Å². The fourth-order valence-electron chi connectivity index (χ4n) is 3.53. The molecule has 1 fully saturated rings. The number of benzene rings is 2. The van der Waals surface area contributed by atoms with Crippen molar-refractivity contribution in [2.75, 3.05) is 45.2 Å². The molecular formula is C23H29N3O3. The van der Waals surface area contributed by atoms with Crippen LogP contribution in [0.2, 0.25) is 0 Å². The van der Waals surface area contributed by atoms with Crippen LogP contribution in [-0.2, 0) is 14.3 Å². The zero-order valence-electron chi connectivity index (χ0n) is 17.4. The van der Waals surface area contributed by atoms with Crippen molar-refractivity contribution in [3.8, 4) is 0 Å². The van der Waals surface area contributed by atoms with E-state index in [1.165, 1.54) is 0 Å². The predicted octanol–water partition coefficient (Wildman–Crippen LogP) is 2.77. The van der Waals surface area contributed by atoms with Crippen molar-refractivity contribution in [2.24, 2.45) is 0 Å². The van der Waals surface area contributed by atoms with Crippen molar-refractivity contribution < 1.29 is 14.3 Å². The third kappa shape index (κ3) is 5.43. The molecule has 6 heteroatoms. The van der Waals surface area contributed by atoms with Crippen LogP contribution in [0.25, 0.3) is 0 Å². The van der Waals surface area contributed by atoms with Crippen molar-refractivity contribution in [3.05, 3.63) is 65.2 Å². The van der Waals surface area contributed by atoms with Gasteiger partial charge in [0, 0.05) is 18.8 Å². The van der Waals surface area contributed by atoms with E-state index < -0.39 is 6.04 Å². The second kappa shape index (κ2) is 9.67. The highest BCUT2D eigenvalue weighted by molar-refractivity contribution is 5.96. The van der Waals surface area contributed by atoms with E-state index in [0.29, 0.717) is 26.3 Å². The van der Waals surface area contributed by atoms with Gasteiger partial charge in [-0.2, -0.15) is 0 Å². The van der Waals surface area contributed by atoms with E-state index >= 15 is 0 Å². The summed E-state index contributed by atoms with van der Waals surface area (Å²) >= 11 is 0. The van der Waals surface area contributed by atoms with Crippen LogP contribution < -0.4 is 5.32 Å². The lowest BCUT2D eigenvalue weighted by atomic mass is 10.0. The number of amides is 2. The van der Waals surface area contributed by atoms with Crippen LogP contribution in [0.5, 0.6) is 0 Å². The molecule has 1 saturated heterocycles. The first-order valence-electron chi connectivity index (χ1n) is 9.94. The van der Waals surface area contributed by atoms with E-state index in [4.69, 9.17) is 4.74 Å². The number of aryl methyl sites for hydroxylation is 2. The van der Waals surface area contributed by atoms with Crippen molar-refractivity contribution in [1.29, 1.82) is 0 Å². The Morgan fingerprint density at radius 2 is 1.79 bits per heavy atom. The lowest BCUT2D eigenvalue weighted by Gasteiger charge is -2.31. The van der Waals surface area contributed by atoms with Crippen LogP contribution in [0.3, 0.4) is 0 Å². The summed E-state index contributed by atoms with van der Waals surface area (Å²) < 4.78 is 5.33. The fourth-order valence-corrected chi connectivity index (χ4v) is 3.53. The van der Waals surface area contributed by atoms with E-state index in [1.54, 1.807) is 4.90 Å². The summed E-state index contributed by atoms with van der Waals surface area (Å²) in [5.74, 6) is -0.140. The minimum absolute atomic E-state index is 0.0104. The first kappa shape index (κ1) is 21.0. The van der Waals surface area contributed by atoms with Crippen molar-refractivity contribution in [3.63, 3.8) is 0 Å². The van der Waals surface area contributed by atoms with Gasteiger partial charge in [0.2, 0.25) is 11.8 Å². The number of carbonyl (C=O) groups is 2. The first-order chi connectivity index (χ1) is 14.0. The molecule has 154 valence electrons. The van der Waals surface area contributed by atoms with Gasteiger partial charge in [0.05, 0.1) is 19.8 Å². The normalized spacial score (nSPS) is 15.2. The van der Waals surface area contributed by atoms with Gasteiger partial charge < -0.3 is 15.0 Å². The number of likely N-dealkylation sites (N-methyl/N-ethyl adjacent to an activating group) is 1. The van der Waals surface area contributed by atoms with Gasteiger partial charge in [0.1, 0.15) is 6.04 Å². The third-order valence-electron chi connectivity index (χ3n) is 5.20. The van der Waals surface area contributed by atoms with E-state index in [2.05, 4.69) is 5.32 Å². The lowest BCUT2D eigenvalue weighted by Crippen LogP contribution is -2.47. The molecule has 2 aromatic rings. The van der Waals surface area contributed by atoms with Gasteiger partial charge in [0.15, 0.2) is 0 Å². The predicted molar refractivity (Wildman–Crippen MR) is 114 cm³/mol. The maximum Gasteiger partial charge on any atom is 0.246 e. The average Bonchev–Trinajstić information content (AvgIpc) is 2.72. The SMILES string of the molecule is Cc1ccc(C)c(NC(=O)[C@H](c2ccccc2)N(C)CC(=O)N2CCOCC2)c1. The molecule has 0 aliphatic carbocycles. The highest BCUT2D eigenvalue weighted by Gasteiger charge is 2.28. The zero-order valence-corrected chi connectivity index (χ0v) is 17.4. The van der Waals surface area contributed by atoms with Gasteiger partial charge in [-0.05, 0) is 43.7 Å². The molecule has 1 aliphatic heterocycles. The number of nitrogens with zero attached hydrogens (tertiary/aromatic N) is 2. The van der Waals surface area contributed by atoms with Gasteiger partial charge in [0.25, 0.3) is 0 Å². The maximum atomic E-state index is 13.3. The number of hydrogen-bond acceptors (Lipinski definition) is 4. The van der Waals surface area contributed by atoms with Crippen LogP contribution in [0.4, 0.5) is 5.69 Å². The van der Waals surface area contributed by atoms with Gasteiger partial charge in [-0.25, -0.2) is 0 Å². The number of rotatable bonds is 6. The molecule has 2 amide bonds. The van der Waals surface area contributed by atoms with Gasteiger partial charge in [-0.3, -0.25) is 14.5 Å². The summed E-state index contributed by atoms with van der Waals surface area (Å²) in [6.07, 6.45) is 0. The largest absolute Gasteiger partial charge is 0.378 e. The minimum Gasteiger partial charge on any atom is -0.378 e. The van der Waals surface area contributed by atoms with Gasteiger partial charge in [-0.15, -0.1) is 0 Å². The van der Waals surface area contributed by atoms with Crippen LogP contribution in [0, 0.1) is 13.8 Å². The minimum atomic E-state index is -0.568. The Hall–Kier alpha value is -2.70. The summed E-state index contributed by atoms with van der Waals surface area (Å²) in [4.78, 5) is 29.6. The molecule has 1 aliphatic rings. The van der Waals surface area contributed by atoms with Crippen LogP contribution >= 0.6 is 0 Å². The Morgan fingerprint density at radius 3 is 2.48 bits per heavy atom. The quantitative estimate of drug-likeness (QED) is 0.817. The van der Waals surface area contributed by atoms with E-state index in [0.717, 1.165) is 22.4 Å². The van der Waals surface area contributed by atoms with Crippen molar-refractivity contribution in [2.45, 2.75) is 19.9 Å². The topological polar surface area (TPSA) is 61.9 Å². The molecule has 0 bridgehead atoms. The summed E-state index contributed by atoms with van der Waals surface area (Å²) in [6.45, 7) is 6.44.